The molecule has 1 aromatic heterocycles. The molecule has 3 rings (SSSR count). The van der Waals surface area contributed by atoms with Crippen molar-refractivity contribution < 1.29 is 4.79 Å². The quantitative estimate of drug-likeness (QED) is 0.696. The highest BCUT2D eigenvalue weighted by atomic mass is 35.5. The lowest BCUT2D eigenvalue weighted by atomic mass is 10.0. The number of hydrogen-bond acceptors (Lipinski definition) is 2. The number of carbonyl (C=O) groups is 1. The summed E-state index contributed by atoms with van der Waals surface area (Å²) in [6, 6.07) is 13.2. The molecule has 0 saturated heterocycles. The molecule has 0 aliphatic carbocycles. The summed E-state index contributed by atoms with van der Waals surface area (Å²) in [5.74, 6) is -0.171. The van der Waals surface area contributed by atoms with E-state index in [1.807, 2.05) is 33.3 Å². The SMILES string of the molecule is CN(C)C(CNC(=O)c1ccc(Cl)c(Cl)c1)c1cn(C)c2ccccc12. The molecule has 1 unspecified atom stereocenters. The highest BCUT2D eigenvalue weighted by Gasteiger charge is 2.20. The molecule has 1 heterocycles. The number of benzene rings is 2. The van der Waals surface area contributed by atoms with Crippen molar-refractivity contribution >= 4 is 40.0 Å². The van der Waals surface area contributed by atoms with E-state index in [1.165, 1.54) is 16.5 Å². The first-order chi connectivity index (χ1) is 12.4. The molecule has 0 aliphatic heterocycles. The van der Waals surface area contributed by atoms with Gasteiger partial charge >= 0.3 is 0 Å². The Hall–Kier alpha value is -2.01. The zero-order valence-corrected chi connectivity index (χ0v) is 16.5. The van der Waals surface area contributed by atoms with E-state index < -0.39 is 0 Å². The van der Waals surface area contributed by atoms with Crippen LogP contribution in [0.2, 0.25) is 10.0 Å². The van der Waals surface area contributed by atoms with Gasteiger partial charge in [-0.2, -0.15) is 0 Å². The number of carbonyl (C=O) groups excluding carboxylic acids is 1. The third kappa shape index (κ3) is 3.73. The molecule has 0 aliphatic rings. The minimum Gasteiger partial charge on any atom is -0.350 e. The Morgan fingerprint density at radius 2 is 1.88 bits per heavy atom. The number of amides is 1. The molecule has 2 aromatic carbocycles. The number of fused-ring (bicyclic) bond motifs is 1. The van der Waals surface area contributed by atoms with E-state index in [4.69, 9.17) is 23.2 Å². The average molecular weight is 390 g/mol. The number of halogens is 2. The summed E-state index contributed by atoms with van der Waals surface area (Å²) in [7, 11) is 6.06. The molecule has 136 valence electrons. The van der Waals surface area contributed by atoms with Crippen LogP contribution in [-0.2, 0) is 7.05 Å². The molecule has 3 aromatic rings. The van der Waals surface area contributed by atoms with Crippen LogP contribution in [-0.4, -0.2) is 36.0 Å². The highest BCUT2D eigenvalue weighted by Crippen LogP contribution is 2.28. The smallest absolute Gasteiger partial charge is 0.251 e. The minimum absolute atomic E-state index is 0.0489. The van der Waals surface area contributed by atoms with Gasteiger partial charge in [-0.1, -0.05) is 41.4 Å². The van der Waals surface area contributed by atoms with Crippen molar-refractivity contribution in [2.45, 2.75) is 6.04 Å². The van der Waals surface area contributed by atoms with Gasteiger partial charge in [0.05, 0.1) is 16.1 Å². The van der Waals surface area contributed by atoms with E-state index in [0.29, 0.717) is 22.2 Å². The second-order valence-electron chi connectivity index (χ2n) is 6.53. The normalized spacial score (nSPS) is 12.5. The molecule has 0 spiro atoms. The molecule has 1 N–H and O–H groups in total. The van der Waals surface area contributed by atoms with Crippen molar-refractivity contribution in [3.05, 3.63) is 69.8 Å². The maximum absolute atomic E-state index is 12.5. The van der Waals surface area contributed by atoms with E-state index in [9.17, 15) is 4.79 Å². The second kappa shape index (κ2) is 7.70. The van der Waals surface area contributed by atoms with Crippen molar-refractivity contribution in [2.24, 2.45) is 7.05 Å². The molecule has 0 radical (unpaired) electrons. The van der Waals surface area contributed by atoms with Crippen molar-refractivity contribution in [3.63, 3.8) is 0 Å². The van der Waals surface area contributed by atoms with E-state index in [1.54, 1.807) is 18.2 Å². The van der Waals surface area contributed by atoms with E-state index in [2.05, 4.69) is 33.1 Å². The van der Waals surface area contributed by atoms with Gasteiger partial charge in [-0.3, -0.25) is 4.79 Å². The predicted octanol–water partition coefficient (Wildman–Crippen LogP) is 4.52. The van der Waals surface area contributed by atoms with Crippen LogP contribution in [0.5, 0.6) is 0 Å². The first-order valence-corrected chi connectivity index (χ1v) is 9.07. The monoisotopic (exact) mass is 389 g/mol. The lowest BCUT2D eigenvalue weighted by Gasteiger charge is -2.24. The van der Waals surface area contributed by atoms with Crippen LogP contribution in [0.3, 0.4) is 0 Å². The summed E-state index contributed by atoms with van der Waals surface area (Å²) in [6.07, 6.45) is 2.13. The molecule has 0 fully saturated rings. The zero-order valence-electron chi connectivity index (χ0n) is 15.0. The number of nitrogens with zero attached hydrogens (tertiary/aromatic N) is 2. The summed E-state index contributed by atoms with van der Waals surface area (Å²) in [6.45, 7) is 0.486. The fraction of sp³-hybridized carbons (Fsp3) is 0.250. The van der Waals surface area contributed by atoms with Gasteiger partial charge in [0.25, 0.3) is 5.91 Å². The molecule has 6 heteroatoms. The first-order valence-electron chi connectivity index (χ1n) is 8.32. The summed E-state index contributed by atoms with van der Waals surface area (Å²) in [4.78, 5) is 14.6. The number of hydrogen-bond donors (Lipinski definition) is 1. The molecule has 1 amide bonds. The Labute approximate surface area is 163 Å². The van der Waals surface area contributed by atoms with Gasteiger partial charge in [0.1, 0.15) is 0 Å². The van der Waals surface area contributed by atoms with Crippen LogP contribution in [0.15, 0.2) is 48.7 Å². The molecular weight excluding hydrogens is 369 g/mol. The first kappa shape index (κ1) is 18.8. The number of aromatic nitrogens is 1. The van der Waals surface area contributed by atoms with Crippen LogP contribution < -0.4 is 5.32 Å². The van der Waals surface area contributed by atoms with Gasteiger partial charge in [0.15, 0.2) is 0 Å². The van der Waals surface area contributed by atoms with Crippen LogP contribution in [0.1, 0.15) is 22.0 Å². The summed E-state index contributed by atoms with van der Waals surface area (Å²) in [5, 5.41) is 5.01. The average Bonchev–Trinajstić information content (AvgIpc) is 2.94. The number of para-hydroxylation sites is 1. The minimum atomic E-state index is -0.171. The van der Waals surface area contributed by atoms with Gasteiger partial charge in [-0.15, -0.1) is 0 Å². The van der Waals surface area contributed by atoms with Crippen LogP contribution in [0, 0.1) is 0 Å². The van der Waals surface area contributed by atoms with Gasteiger partial charge in [-0.25, -0.2) is 0 Å². The van der Waals surface area contributed by atoms with Crippen molar-refractivity contribution in [1.29, 1.82) is 0 Å². The second-order valence-corrected chi connectivity index (χ2v) is 7.35. The molecule has 0 bridgehead atoms. The van der Waals surface area contributed by atoms with Gasteiger partial charge < -0.3 is 14.8 Å². The Morgan fingerprint density at radius 3 is 2.58 bits per heavy atom. The van der Waals surface area contributed by atoms with E-state index in [0.717, 1.165) is 0 Å². The largest absolute Gasteiger partial charge is 0.350 e. The number of likely N-dealkylation sites (N-methyl/N-ethyl adjacent to an activating group) is 1. The molecule has 4 nitrogen and oxygen atoms in total. The zero-order chi connectivity index (χ0) is 18.8. The molecule has 1 atom stereocenters. The fourth-order valence-corrected chi connectivity index (χ4v) is 3.44. The van der Waals surface area contributed by atoms with Crippen molar-refractivity contribution in [1.82, 2.24) is 14.8 Å². The number of aryl methyl sites for hydroxylation is 1. The predicted molar refractivity (Wildman–Crippen MR) is 108 cm³/mol. The van der Waals surface area contributed by atoms with Crippen molar-refractivity contribution in [3.8, 4) is 0 Å². The third-order valence-electron chi connectivity index (χ3n) is 4.55. The molecular formula is C20H21Cl2N3O. The molecule has 0 saturated carbocycles. The van der Waals surface area contributed by atoms with Crippen LogP contribution in [0.4, 0.5) is 0 Å². The standard InChI is InChI=1S/C20H21Cl2N3O/c1-24(2)19(15-12-25(3)18-7-5-4-6-14(15)18)11-23-20(26)13-8-9-16(21)17(22)10-13/h4-10,12,19H,11H2,1-3H3,(H,23,26). The molecule has 26 heavy (non-hydrogen) atoms. The van der Waals surface area contributed by atoms with Crippen LogP contribution >= 0.6 is 23.2 Å². The maximum atomic E-state index is 12.5. The summed E-state index contributed by atoms with van der Waals surface area (Å²) >= 11 is 11.9. The number of rotatable bonds is 5. The lowest BCUT2D eigenvalue weighted by Crippen LogP contribution is -2.34. The lowest BCUT2D eigenvalue weighted by molar-refractivity contribution is 0.0942. The Balaban J connectivity index is 1.83. The van der Waals surface area contributed by atoms with Gasteiger partial charge in [0.2, 0.25) is 0 Å². The Morgan fingerprint density at radius 1 is 1.15 bits per heavy atom. The van der Waals surface area contributed by atoms with Crippen LogP contribution in [0.25, 0.3) is 10.9 Å². The maximum Gasteiger partial charge on any atom is 0.251 e. The fourth-order valence-electron chi connectivity index (χ4n) is 3.14. The highest BCUT2D eigenvalue weighted by molar-refractivity contribution is 6.42. The Bertz CT molecular complexity index is 949. The van der Waals surface area contributed by atoms with Gasteiger partial charge in [-0.05, 0) is 43.9 Å². The number of nitrogens with one attached hydrogen (secondary N) is 1. The summed E-state index contributed by atoms with van der Waals surface area (Å²) in [5.41, 5.74) is 2.85. The van der Waals surface area contributed by atoms with E-state index >= 15 is 0 Å². The van der Waals surface area contributed by atoms with E-state index in [-0.39, 0.29) is 11.9 Å². The topological polar surface area (TPSA) is 37.3 Å². The Kier molecular flexibility index (Phi) is 5.56. The van der Waals surface area contributed by atoms with Gasteiger partial charge in [0, 0.05) is 36.3 Å². The summed E-state index contributed by atoms with van der Waals surface area (Å²) < 4.78 is 2.11. The third-order valence-corrected chi connectivity index (χ3v) is 5.29. The van der Waals surface area contributed by atoms with Crippen molar-refractivity contribution in [2.75, 3.05) is 20.6 Å².